The second-order valence-corrected chi connectivity index (χ2v) is 5.89. The maximum absolute atomic E-state index is 13.0. The van der Waals surface area contributed by atoms with Crippen LogP contribution < -0.4 is 5.43 Å². The number of nitrogens with zero attached hydrogens (tertiary/aromatic N) is 1. The highest BCUT2D eigenvalue weighted by molar-refractivity contribution is 7.12. The van der Waals surface area contributed by atoms with Gasteiger partial charge in [0.15, 0.2) is 5.78 Å². The lowest BCUT2D eigenvalue weighted by Gasteiger charge is -2.10. The number of aryl methyl sites for hydroxylation is 1. The molecular weight excluding hydrogens is 341 g/mol. The van der Waals surface area contributed by atoms with Crippen LogP contribution in [0.4, 0.5) is 13.2 Å². The van der Waals surface area contributed by atoms with Crippen LogP contribution in [0.1, 0.15) is 32.0 Å². The van der Waals surface area contributed by atoms with Crippen molar-refractivity contribution in [1.82, 2.24) is 5.43 Å². The maximum Gasteiger partial charge on any atom is 0.431 e. The van der Waals surface area contributed by atoms with Crippen LogP contribution in [0.15, 0.2) is 46.9 Å². The van der Waals surface area contributed by atoms with Crippen molar-refractivity contribution in [2.75, 3.05) is 0 Å². The lowest BCUT2D eigenvalue weighted by Crippen LogP contribution is -2.30. The van der Waals surface area contributed by atoms with E-state index in [9.17, 15) is 22.8 Å². The Hall–Kier alpha value is -2.48. The Morgan fingerprint density at radius 1 is 1.17 bits per heavy atom. The minimum absolute atomic E-state index is 0.176. The van der Waals surface area contributed by atoms with Crippen LogP contribution in [0.3, 0.4) is 0 Å². The summed E-state index contributed by atoms with van der Waals surface area (Å²) < 4.78 is 39.0. The molecule has 0 atom stereocenters. The summed E-state index contributed by atoms with van der Waals surface area (Å²) in [5.74, 6) is -1.48. The predicted octanol–water partition coefficient (Wildman–Crippen LogP) is 3.98. The maximum atomic E-state index is 13.0. The summed E-state index contributed by atoms with van der Waals surface area (Å²) in [5.41, 5.74) is 1.60. The van der Waals surface area contributed by atoms with Crippen molar-refractivity contribution in [3.63, 3.8) is 0 Å². The third kappa shape index (κ3) is 4.76. The van der Waals surface area contributed by atoms with E-state index in [2.05, 4.69) is 5.10 Å². The summed E-state index contributed by atoms with van der Waals surface area (Å²) in [6.07, 6.45) is -5.74. The molecule has 0 aliphatic carbocycles. The van der Waals surface area contributed by atoms with Crippen LogP contribution in [0.2, 0.25) is 0 Å². The number of Topliss-reactive ketones (excluding diaryl/α,β-unsaturated/α-hetero) is 1. The van der Waals surface area contributed by atoms with Gasteiger partial charge in [0.1, 0.15) is 5.71 Å². The third-order valence-electron chi connectivity index (χ3n) is 3.06. The Bertz CT molecular complexity index is 751. The summed E-state index contributed by atoms with van der Waals surface area (Å²) in [5, 5.41) is 4.71. The second kappa shape index (κ2) is 7.39. The van der Waals surface area contributed by atoms with Crippen LogP contribution >= 0.6 is 11.3 Å². The fourth-order valence-corrected chi connectivity index (χ4v) is 2.43. The highest BCUT2D eigenvalue weighted by Gasteiger charge is 2.37. The van der Waals surface area contributed by atoms with Gasteiger partial charge < -0.3 is 0 Å². The number of thiophene rings is 1. The number of halogens is 3. The van der Waals surface area contributed by atoms with Crippen molar-refractivity contribution in [2.45, 2.75) is 19.5 Å². The first-order valence-electron chi connectivity index (χ1n) is 6.85. The largest absolute Gasteiger partial charge is 0.431 e. The molecule has 126 valence electrons. The molecule has 1 heterocycles. The summed E-state index contributed by atoms with van der Waals surface area (Å²) >= 11 is 1.05. The van der Waals surface area contributed by atoms with Gasteiger partial charge in [-0.3, -0.25) is 9.59 Å². The van der Waals surface area contributed by atoms with Crippen LogP contribution in [-0.4, -0.2) is 23.6 Å². The zero-order valence-corrected chi connectivity index (χ0v) is 13.4. The topological polar surface area (TPSA) is 58.5 Å². The van der Waals surface area contributed by atoms with Crippen molar-refractivity contribution in [3.8, 4) is 0 Å². The molecule has 0 unspecified atom stereocenters. The Morgan fingerprint density at radius 2 is 1.83 bits per heavy atom. The van der Waals surface area contributed by atoms with Crippen LogP contribution in [0.25, 0.3) is 0 Å². The van der Waals surface area contributed by atoms with Crippen LogP contribution in [-0.2, 0) is 0 Å². The summed E-state index contributed by atoms with van der Waals surface area (Å²) in [4.78, 5) is 23.9. The molecule has 2 rings (SSSR count). The number of hydrogen-bond donors (Lipinski definition) is 1. The minimum Gasteiger partial charge on any atom is -0.293 e. The minimum atomic E-state index is -4.81. The van der Waals surface area contributed by atoms with Gasteiger partial charge >= 0.3 is 6.18 Å². The molecular formula is C16H13F3N2O2S. The molecule has 0 saturated carbocycles. The van der Waals surface area contributed by atoms with Crippen LogP contribution in [0, 0.1) is 6.92 Å². The van der Waals surface area contributed by atoms with Gasteiger partial charge in [-0.1, -0.05) is 23.8 Å². The molecule has 4 nitrogen and oxygen atoms in total. The fourth-order valence-electron chi connectivity index (χ4n) is 1.77. The number of alkyl halides is 3. The molecule has 1 amide bonds. The SMILES string of the molecule is Cc1ccc(C(=O)N/N=C(\CC(=O)c2cccs2)C(F)(F)F)cc1. The molecule has 0 radical (unpaired) electrons. The number of carbonyl (C=O) groups is 2. The Balaban J connectivity index is 2.12. The first-order chi connectivity index (χ1) is 11.3. The number of amides is 1. The Morgan fingerprint density at radius 3 is 2.38 bits per heavy atom. The lowest BCUT2D eigenvalue weighted by atomic mass is 10.1. The second-order valence-electron chi connectivity index (χ2n) is 4.94. The average Bonchev–Trinajstić information content (AvgIpc) is 3.05. The number of ketones is 1. The van der Waals surface area contributed by atoms with Crippen molar-refractivity contribution < 1.29 is 22.8 Å². The molecule has 0 aliphatic rings. The summed E-state index contributed by atoms with van der Waals surface area (Å²) in [6.45, 7) is 1.82. The molecule has 2 aromatic rings. The van der Waals surface area contributed by atoms with Gasteiger partial charge in [-0.25, -0.2) is 5.43 Å². The average molecular weight is 354 g/mol. The number of carbonyl (C=O) groups excluding carboxylic acids is 2. The van der Waals surface area contributed by atoms with E-state index in [1.54, 1.807) is 23.6 Å². The molecule has 24 heavy (non-hydrogen) atoms. The Labute approximate surface area is 140 Å². The highest BCUT2D eigenvalue weighted by atomic mass is 32.1. The number of hydrogen-bond acceptors (Lipinski definition) is 4. The monoisotopic (exact) mass is 354 g/mol. The summed E-state index contributed by atoms with van der Waals surface area (Å²) in [6, 6.07) is 9.27. The number of rotatable bonds is 5. The molecule has 8 heteroatoms. The molecule has 1 N–H and O–H groups in total. The van der Waals surface area contributed by atoms with Gasteiger partial charge in [-0.05, 0) is 30.5 Å². The van der Waals surface area contributed by atoms with E-state index < -0.39 is 30.0 Å². The smallest absolute Gasteiger partial charge is 0.293 e. The van der Waals surface area contributed by atoms with Gasteiger partial charge in [0.05, 0.1) is 11.3 Å². The normalized spacial score (nSPS) is 12.1. The molecule has 0 spiro atoms. The van der Waals surface area contributed by atoms with Crippen molar-refractivity contribution in [1.29, 1.82) is 0 Å². The van der Waals surface area contributed by atoms with E-state index in [0.29, 0.717) is 0 Å². The molecule has 0 bridgehead atoms. The molecule has 1 aromatic carbocycles. The third-order valence-corrected chi connectivity index (χ3v) is 3.97. The van der Waals surface area contributed by atoms with E-state index in [1.165, 1.54) is 18.2 Å². The zero-order chi connectivity index (χ0) is 17.7. The number of hydrazone groups is 1. The first-order valence-corrected chi connectivity index (χ1v) is 7.73. The quantitative estimate of drug-likeness (QED) is 0.502. The first kappa shape index (κ1) is 17.9. The molecule has 0 aliphatic heterocycles. The van der Waals surface area contributed by atoms with Crippen molar-refractivity contribution >= 4 is 28.7 Å². The summed E-state index contributed by atoms with van der Waals surface area (Å²) in [7, 11) is 0. The van der Waals surface area contributed by atoms with E-state index in [4.69, 9.17) is 0 Å². The van der Waals surface area contributed by atoms with Gasteiger partial charge in [0.25, 0.3) is 5.91 Å². The highest BCUT2D eigenvalue weighted by Crippen LogP contribution is 2.22. The van der Waals surface area contributed by atoms with Crippen LogP contribution in [0.5, 0.6) is 0 Å². The lowest BCUT2D eigenvalue weighted by molar-refractivity contribution is -0.0605. The Kier molecular flexibility index (Phi) is 5.50. The van der Waals surface area contributed by atoms with Gasteiger partial charge in [-0.2, -0.15) is 18.3 Å². The van der Waals surface area contributed by atoms with Gasteiger partial charge in [0, 0.05) is 5.56 Å². The molecule has 0 saturated heterocycles. The van der Waals surface area contributed by atoms with E-state index in [1.807, 2.05) is 12.3 Å². The fraction of sp³-hybridized carbons (Fsp3) is 0.188. The van der Waals surface area contributed by atoms with E-state index in [-0.39, 0.29) is 10.4 Å². The van der Waals surface area contributed by atoms with Gasteiger partial charge in [0.2, 0.25) is 0 Å². The van der Waals surface area contributed by atoms with Gasteiger partial charge in [-0.15, -0.1) is 11.3 Å². The predicted molar refractivity (Wildman–Crippen MR) is 85.4 cm³/mol. The standard InChI is InChI=1S/C16H13F3N2O2S/c1-10-4-6-11(7-5-10)15(23)21-20-14(16(17,18)19)9-12(22)13-3-2-8-24-13/h2-8H,9H2,1H3,(H,21,23)/b20-14+. The molecule has 1 aromatic heterocycles. The van der Waals surface area contributed by atoms with Crippen molar-refractivity contribution in [3.05, 3.63) is 57.8 Å². The van der Waals surface area contributed by atoms with E-state index in [0.717, 1.165) is 16.9 Å². The zero-order valence-electron chi connectivity index (χ0n) is 12.6. The van der Waals surface area contributed by atoms with E-state index >= 15 is 0 Å². The number of nitrogens with one attached hydrogen (secondary N) is 1. The number of benzene rings is 1. The molecule has 0 fully saturated rings. The van der Waals surface area contributed by atoms with Crippen molar-refractivity contribution in [2.24, 2.45) is 5.10 Å².